The number of benzene rings is 2. The zero-order valence-electron chi connectivity index (χ0n) is 14.5. The molecule has 2 rings (SSSR count). The van der Waals surface area contributed by atoms with Gasteiger partial charge in [-0.15, -0.1) is 0 Å². The lowest BCUT2D eigenvalue weighted by atomic mass is 10.0. The predicted octanol–water partition coefficient (Wildman–Crippen LogP) is 3.40. The average Bonchev–Trinajstić information content (AvgIpc) is 2.61. The van der Waals surface area contributed by atoms with Crippen molar-refractivity contribution in [1.29, 1.82) is 0 Å². The quantitative estimate of drug-likeness (QED) is 0.850. The molecular weight excluding hydrogens is 365 g/mol. The predicted molar refractivity (Wildman–Crippen MR) is 90.4 cm³/mol. The van der Waals surface area contributed by atoms with Crippen molar-refractivity contribution in [3.8, 4) is 11.5 Å². The number of alkyl halides is 3. The first-order chi connectivity index (χ1) is 12.6. The summed E-state index contributed by atoms with van der Waals surface area (Å²) in [5, 5.41) is 11.6. The topological polar surface area (TPSA) is 78.9 Å². The van der Waals surface area contributed by atoms with Crippen molar-refractivity contribution in [1.82, 2.24) is 10.2 Å². The Balaban J connectivity index is 2.22. The van der Waals surface area contributed by atoms with E-state index in [0.29, 0.717) is 12.1 Å². The summed E-state index contributed by atoms with van der Waals surface area (Å²) in [6, 6.07) is 9.08. The summed E-state index contributed by atoms with van der Waals surface area (Å²) in [7, 11) is 2.47. The molecule has 144 valence electrons. The number of amides is 3. The Kier molecular flexibility index (Phi) is 5.94. The number of ether oxygens (including phenoxy) is 1. The van der Waals surface area contributed by atoms with Crippen molar-refractivity contribution in [3.05, 3.63) is 59.2 Å². The van der Waals surface area contributed by atoms with Crippen molar-refractivity contribution >= 4 is 11.9 Å². The third-order valence-electron chi connectivity index (χ3n) is 3.70. The normalized spacial score (nSPS) is 11.0. The summed E-state index contributed by atoms with van der Waals surface area (Å²) in [4.78, 5) is 25.5. The Labute approximate surface area is 153 Å². The van der Waals surface area contributed by atoms with Crippen LogP contribution in [-0.2, 0) is 12.7 Å². The third-order valence-corrected chi connectivity index (χ3v) is 3.70. The van der Waals surface area contributed by atoms with Gasteiger partial charge in [0, 0.05) is 13.6 Å². The third kappa shape index (κ3) is 4.90. The molecule has 0 fully saturated rings. The van der Waals surface area contributed by atoms with Crippen LogP contribution in [0.3, 0.4) is 0 Å². The van der Waals surface area contributed by atoms with Gasteiger partial charge in [-0.1, -0.05) is 30.3 Å². The maximum Gasteiger partial charge on any atom is 0.417 e. The maximum atomic E-state index is 13.2. The van der Waals surface area contributed by atoms with Gasteiger partial charge < -0.3 is 14.7 Å². The lowest BCUT2D eigenvalue weighted by Crippen LogP contribution is -2.41. The minimum atomic E-state index is -4.88. The fourth-order valence-corrected chi connectivity index (χ4v) is 2.34. The van der Waals surface area contributed by atoms with Crippen LogP contribution in [0.2, 0.25) is 0 Å². The van der Waals surface area contributed by atoms with Gasteiger partial charge in [-0.25, -0.2) is 4.79 Å². The Morgan fingerprint density at radius 3 is 2.37 bits per heavy atom. The molecule has 27 heavy (non-hydrogen) atoms. The highest BCUT2D eigenvalue weighted by molar-refractivity contribution is 6.05. The minimum Gasteiger partial charge on any atom is -0.504 e. The van der Waals surface area contributed by atoms with Crippen LogP contribution in [0, 0.1) is 0 Å². The molecule has 0 radical (unpaired) electrons. The molecule has 0 bridgehead atoms. The number of aromatic hydroxyl groups is 1. The first-order valence-corrected chi connectivity index (χ1v) is 7.72. The number of imide groups is 1. The molecule has 0 spiro atoms. The molecule has 2 aromatic carbocycles. The zero-order valence-corrected chi connectivity index (χ0v) is 14.5. The van der Waals surface area contributed by atoms with Crippen molar-refractivity contribution in [2.24, 2.45) is 0 Å². The number of urea groups is 1. The molecule has 0 unspecified atom stereocenters. The van der Waals surface area contributed by atoms with Gasteiger partial charge in [-0.05, 0) is 17.7 Å². The van der Waals surface area contributed by atoms with Gasteiger partial charge in [0.25, 0.3) is 5.91 Å². The van der Waals surface area contributed by atoms with E-state index in [2.05, 4.69) is 4.74 Å². The summed E-state index contributed by atoms with van der Waals surface area (Å²) >= 11 is 0. The van der Waals surface area contributed by atoms with E-state index in [9.17, 15) is 27.9 Å². The lowest BCUT2D eigenvalue weighted by molar-refractivity contribution is -0.138. The van der Waals surface area contributed by atoms with E-state index in [0.717, 1.165) is 17.6 Å². The number of nitrogens with one attached hydrogen (secondary N) is 1. The monoisotopic (exact) mass is 382 g/mol. The van der Waals surface area contributed by atoms with Crippen LogP contribution < -0.4 is 10.1 Å². The molecule has 3 amide bonds. The maximum absolute atomic E-state index is 13.2. The number of nitrogens with zero attached hydrogens (tertiary/aromatic N) is 1. The Bertz CT molecular complexity index is 838. The first kappa shape index (κ1) is 20.1. The lowest BCUT2D eigenvalue weighted by Gasteiger charge is -2.19. The van der Waals surface area contributed by atoms with Crippen LogP contribution in [0.25, 0.3) is 0 Å². The standard InChI is InChI=1S/C18H17F3N2O4/c1-23(10-11-6-4-3-5-7-11)17(26)22-16(25)12-8-14(24)15(27-2)9-13(12)18(19,20)21/h3-9,24H,10H2,1-2H3,(H,22,25,26). The summed E-state index contributed by atoms with van der Waals surface area (Å²) in [6.07, 6.45) is -4.88. The Morgan fingerprint density at radius 1 is 1.19 bits per heavy atom. The van der Waals surface area contributed by atoms with Gasteiger partial charge >= 0.3 is 12.2 Å². The van der Waals surface area contributed by atoms with Crippen LogP contribution in [-0.4, -0.2) is 36.1 Å². The molecule has 2 aromatic rings. The van der Waals surface area contributed by atoms with E-state index < -0.39 is 40.7 Å². The SMILES string of the molecule is COc1cc(C(F)(F)F)c(C(=O)NC(=O)N(C)Cc2ccccc2)cc1O. The van der Waals surface area contributed by atoms with Crippen LogP contribution in [0.5, 0.6) is 11.5 Å². The summed E-state index contributed by atoms with van der Waals surface area (Å²) < 4.78 is 44.3. The van der Waals surface area contributed by atoms with E-state index in [4.69, 9.17) is 0 Å². The molecule has 9 heteroatoms. The fraction of sp³-hybridized carbons (Fsp3) is 0.222. The van der Waals surface area contributed by atoms with Crippen molar-refractivity contribution in [2.45, 2.75) is 12.7 Å². The number of hydrogen-bond donors (Lipinski definition) is 2. The number of halogens is 3. The van der Waals surface area contributed by atoms with Gasteiger partial charge in [-0.3, -0.25) is 10.1 Å². The second-order valence-electron chi connectivity index (χ2n) is 5.67. The molecule has 0 atom stereocenters. The van der Waals surface area contributed by atoms with Gasteiger partial charge in [0.2, 0.25) is 0 Å². The Morgan fingerprint density at radius 2 is 1.81 bits per heavy atom. The highest BCUT2D eigenvalue weighted by Gasteiger charge is 2.37. The van der Waals surface area contributed by atoms with E-state index in [-0.39, 0.29) is 6.54 Å². The first-order valence-electron chi connectivity index (χ1n) is 7.72. The molecule has 0 aliphatic rings. The molecule has 0 aliphatic carbocycles. The smallest absolute Gasteiger partial charge is 0.417 e. The number of carbonyl (C=O) groups excluding carboxylic acids is 2. The molecule has 0 aromatic heterocycles. The fourth-order valence-electron chi connectivity index (χ4n) is 2.34. The summed E-state index contributed by atoms with van der Waals surface area (Å²) in [6.45, 7) is 0.153. The van der Waals surface area contributed by atoms with Crippen LogP contribution in [0.4, 0.5) is 18.0 Å². The van der Waals surface area contributed by atoms with Crippen LogP contribution in [0.15, 0.2) is 42.5 Å². The van der Waals surface area contributed by atoms with E-state index in [1.54, 1.807) is 30.3 Å². The molecule has 0 saturated carbocycles. The number of carbonyl (C=O) groups is 2. The van der Waals surface area contributed by atoms with Crippen molar-refractivity contribution in [3.63, 3.8) is 0 Å². The molecule has 2 N–H and O–H groups in total. The molecular formula is C18H17F3N2O4. The number of rotatable bonds is 4. The average molecular weight is 382 g/mol. The highest BCUT2D eigenvalue weighted by Crippen LogP contribution is 2.38. The molecule has 0 aliphatic heterocycles. The zero-order chi connectivity index (χ0) is 20.2. The van der Waals surface area contributed by atoms with E-state index >= 15 is 0 Å². The van der Waals surface area contributed by atoms with Gasteiger partial charge in [0.1, 0.15) is 0 Å². The largest absolute Gasteiger partial charge is 0.504 e. The Hall–Kier alpha value is -3.23. The van der Waals surface area contributed by atoms with Crippen molar-refractivity contribution in [2.75, 3.05) is 14.2 Å². The second kappa shape index (κ2) is 7.98. The minimum absolute atomic E-state index is 0.153. The van der Waals surface area contributed by atoms with Gasteiger partial charge in [0.05, 0.1) is 18.2 Å². The summed E-state index contributed by atoms with van der Waals surface area (Å²) in [5.41, 5.74) is -1.43. The van der Waals surface area contributed by atoms with E-state index in [1.807, 2.05) is 5.32 Å². The summed E-state index contributed by atoms with van der Waals surface area (Å²) in [5.74, 6) is -2.38. The molecule has 0 heterocycles. The van der Waals surface area contributed by atoms with Gasteiger partial charge in [0.15, 0.2) is 11.5 Å². The van der Waals surface area contributed by atoms with Gasteiger partial charge in [-0.2, -0.15) is 13.2 Å². The highest BCUT2D eigenvalue weighted by atomic mass is 19.4. The van der Waals surface area contributed by atoms with Crippen LogP contribution in [0.1, 0.15) is 21.5 Å². The molecule has 0 saturated heterocycles. The van der Waals surface area contributed by atoms with Crippen LogP contribution >= 0.6 is 0 Å². The number of methoxy groups -OCH3 is 1. The van der Waals surface area contributed by atoms with Crippen molar-refractivity contribution < 1.29 is 32.6 Å². The second-order valence-corrected chi connectivity index (χ2v) is 5.67. The number of hydrogen-bond acceptors (Lipinski definition) is 4. The number of phenolic OH excluding ortho intramolecular Hbond substituents is 1. The van der Waals surface area contributed by atoms with E-state index in [1.165, 1.54) is 7.05 Å². The number of phenols is 1. The molecule has 6 nitrogen and oxygen atoms in total.